The number of carboxylic acids is 1. The van der Waals surface area contributed by atoms with Crippen molar-refractivity contribution in [3.63, 3.8) is 0 Å². The Hall–Kier alpha value is -2.68. The molecule has 0 aromatic heterocycles. The first kappa shape index (κ1) is 29.9. The molecule has 3 N–H and O–H groups in total. The van der Waals surface area contributed by atoms with Crippen molar-refractivity contribution < 1.29 is 32.9 Å². The highest BCUT2D eigenvalue weighted by molar-refractivity contribution is 5.92. The molecule has 0 aliphatic heterocycles. The topological polar surface area (TPSA) is 78.8 Å². The molecule has 8 heteroatoms. The van der Waals surface area contributed by atoms with Crippen molar-refractivity contribution in [1.82, 2.24) is 5.32 Å². The highest BCUT2D eigenvalue weighted by Gasteiger charge is 2.32. The van der Waals surface area contributed by atoms with E-state index in [0.29, 0.717) is 18.0 Å². The van der Waals surface area contributed by atoms with Crippen LogP contribution in [-0.2, 0) is 28.5 Å². The van der Waals surface area contributed by atoms with Crippen LogP contribution < -0.4 is 5.32 Å². The van der Waals surface area contributed by atoms with Crippen LogP contribution in [0.15, 0.2) is 48.0 Å². The number of benzene rings is 2. The number of carbonyl (C=O) groups is 1. The first-order valence-corrected chi connectivity index (χ1v) is 13.1. The van der Waals surface area contributed by atoms with Crippen LogP contribution >= 0.6 is 0 Å². The zero-order valence-corrected chi connectivity index (χ0v) is 22.4. The molecule has 3 rings (SSSR count). The van der Waals surface area contributed by atoms with Gasteiger partial charge in [-0.1, -0.05) is 37.3 Å². The van der Waals surface area contributed by atoms with Crippen molar-refractivity contribution in [3.05, 3.63) is 75.9 Å². The molecule has 0 heterocycles. The standard InChI is InChI=1S/C30H38F3NO4/c1-5-21(28(36)37)14-24-15-25(30(31,32)33)10-11-27(24)19(2)38-18-26(35)17-34-29(3,4)16-20-12-22-8-6-7-9-23(22)13-20/h6-11,14-15,19-20,26,34-35H,5,12-13,16-18H2,1-4H3,(H,36,37)/t19-,26-/m1/s1. The molecule has 0 saturated heterocycles. The summed E-state index contributed by atoms with van der Waals surface area (Å²) >= 11 is 0. The largest absolute Gasteiger partial charge is 0.478 e. The normalized spacial score (nSPS) is 16.4. The number of halogens is 3. The molecule has 0 fully saturated rings. The molecule has 0 bridgehead atoms. The predicted octanol–water partition coefficient (Wildman–Crippen LogP) is 6.20. The monoisotopic (exact) mass is 533 g/mol. The maximum Gasteiger partial charge on any atom is 0.416 e. The van der Waals surface area contributed by atoms with Gasteiger partial charge in [-0.05, 0) is 92.8 Å². The molecular formula is C30H38F3NO4. The number of aliphatic carboxylic acids is 1. The Labute approximate surface area is 222 Å². The van der Waals surface area contributed by atoms with E-state index in [2.05, 4.69) is 43.4 Å². The van der Waals surface area contributed by atoms with Gasteiger partial charge in [0.15, 0.2) is 0 Å². The lowest BCUT2D eigenvalue weighted by Gasteiger charge is -2.31. The summed E-state index contributed by atoms with van der Waals surface area (Å²) in [5.74, 6) is -0.650. The smallest absolute Gasteiger partial charge is 0.416 e. The molecule has 0 radical (unpaired) electrons. The summed E-state index contributed by atoms with van der Waals surface area (Å²) in [4.78, 5) is 11.5. The third-order valence-electron chi connectivity index (χ3n) is 7.13. The van der Waals surface area contributed by atoms with Gasteiger partial charge >= 0.3 is 12.1 Å². The van der Waals surface area contributed by atoms with Gasteiger partial charge in [-0.15, -0.1) is 0 Å². The van der Waals surface area contributed by atoms with Crippen molar-refractivity contribution in [2.24, 2.45) is 5.92 Å². The Bertz CT molecular complexity index is 1120. The Morgan fingerprint density at radius 1 is 1.16 bits per heavy atom. The molecule has 0 saturated carbocycles. The Kier molecular flexibility index (Phi) is 9.79. The fourth-order valence-electron chi connectivity index (χ4n) is 5.14. The van der Waals surface area contributed by atoms with Crippen molar-refractivity contribution in [2.75, 3.05) is 13.2 Å². The molecular weight excluding hydrogens is 495 g/mol. The number of carboxylic acid groups (broad SMARTS) is 1. The molecule has 38 heavy (non-hydrogen) atoms. The second-order valence-electron chi connectivity index (χ2n) is 10.8. The number of fused-ring (bicyclic) bond motifs is 1. The molecule has 0 amide bonds. The second-order valence-corrected chi connectivity index (χ2v) is 10.8. The highest BCUT2D eigenvalue weighted by atomic mass is 19.4. The van der Waals surface area contributed by atoms with E-state index in [1.54, 1.807) is 13.8 Å². The lowest BCUT2D eigenvalue weighted by molar-refractivity contribution is -0.137. The average molecular weight is 534 g/mol. The maximum absolute atomic E-state index is 13.3. The summed E-state index contributed by atoms with van der Waals surface area (Å²) in [5.41, 5.74) is 2.31. The van der Waals surface area contributed by atoms with Crippen LogP contribution in [0.3, 0.4) is 0 Å². The van der Waals surface area contributed by atoms with E-state index in [1.165, 1.54) is 23.3 Å². The first-order valence-electron chi connectivity index (χ1n) is 13.1. The van der Waals surface area contributed by atoms with E-state index in [0.717, 1.165) is 31.4 Å². The molecule has 5 nitrogen and oxygen atoms in total. The lowest BCUT2D eigenvalue weighted by atomic mass is 9.88. The predicted molar refractivity (Wildman–Crippen MR) is 142 cm³/mol. The van der Waals surface area contributed by atoms with Crippen LogP contribution in [0.5, 0.6) is 0 Å². The third-order valence-corrected chi connectivity index (χ3v) is 7.13. The fraction of sp³-hybridized carbons (Fsp3) is 0.500. The summed E-state index contributed by atoms with van der Waals surface area (Å²) in [5, 5.41) is 23.4. The van der Waals surface area contributed by atoms with Gasteiger partial charge in [-0.3, -0.25) is 0 Å². The number of alkyl halides is 3. The summed E-state index contributed by atoms with van der Waals surface area (Å²) in [6.07, 6.45) is -1.56. The van der Waals surface area contributed by atoms with E-state index >= 15 is 0 Å². The average Bonchev–Trinajstić information content (AvgIpc) is 3.25. The number of aliphatic hydroxyl groups excluding tert-OH is 1. The zero-order chi connectivity index (χ0) is 28.1. The summed E-state index contributed by atoms with van der Waals surface area (Å²) < 4.78 is 45.7. The number of rotatable bonds is 12. The van der Waals surface area contributed by atoms with E-state index in [4.69, 9.17) is 4.74 Å². The number of hydrogen-bond acceptors (Lipinski definition) is 4. The Balaban J connectivity index is 1.59. The van der Waals surface area contributed by atoms with E-state index < -0.39 is 29.9 Å². The number of ether oxygens (including phenoxy) is 1. The fourth-order valence-corrected chi connectivity index (χ4v) is 5.14. The molecule has 0 spiro atoms. The van der Waals surface area contributed by atoms with Crippen molar-refractivity contribution in [1.29, 1.82) is 0 Å². The van der Waals surface area contributed by atoms with Crippen LogP contribution in [-0.4, -0.2) is 41.0 Å². The molecule has 0 unspecified atom stereocenters. The number of nitrogens with one attached hydrogen (secondary N) is 1. The summed E-state index contributed by atoms with van der Waals surface area (Å²) in [6, 6.07) is 11.7. The van der Waals surface area contributed by atoms with Crippen LogP contribution in [0.1, 0.15) is 74.5 Å². The van der Waals surface area contributed by atoms with Gasteiger partial charge in [0.05, 0.1) is 24.4 Å². The maximum atomic E-state index is 13.3. The Morgan fingerprint density at radius 2 is 1.79 bits per heavy atom. The quantitative estimate of drug-likeness (QED) is 0.283. The second kappa shape index (κ2) is 12.5. The van der Waals surface area contributed by atoms with Gasteiger partial charge < -0.3 is 20.3 Å². The minimum atomic E-state index is -4.56. The summed E-state index contributed by atoms with van der Waals surface area (Å²) in [6.45, 7) is 7.81. The Morgan fingerprint density at radius 3 is 2.34 bits per heavy atom. The van der Waals surface area contributed by atoms with E-state index in [1.807, 2.05) is 0 Å². The third kappa shape index (κ3) is 8.16. The molecule has 2 atom stereocenters. The van der Waals surface area contributed by atoms with Gasteiger partial charge in [0.2, 0.25) is 0 Å². The van der Waals surface area contributed by atoms with Gasteiger partial charge in [0.1, 0.15) is 0 Å². The van der Waals surface area contributed by atoms with Crippen molar-refractivity contribution in [3.8, 4) is 0 Å². The van der Waals surface area contributed by atoms with Crippen LogP contribution in [0, 0.1) is 5.92 Å². The van der Waals surface area contributed by atoms with Crippen LogP contribution in [0.25, 0.3) is 6.08 Å². The first-order chi connectivity index (χ1) is 17.8. The van der Waals surface area contributed by atoms with E-state index in [-0.39, 0.29) is 29.7 Å². The number of aliphatic hydroxyl groups is 1. The van der Waals surface area contributed by atoms with Gasteiger partial charge in [-0.25, -0.2) is 4.79 Å². The van der Waals surface area contributed by atoms with Gasteiger partial charge in [0, 0.05) is 17.7 Å². The van der Waals surface area contributed by atoms with Crippen molar-refractivity contribution in [2.45, 2.75) is 77.3 Å². The molecule has 1 aliphatic carbocycles. The molecule has 208 valence electrons. The van der Waals surface area contributed by atoms with Crippen molar-refractivity contribution >= 4 is 12.0 Å². The van der Waals surface area contributed by atoms with E-state index in [9.17, 15) is 28.2 Å². The van der Waals surface area contributed by atoms with Gasteiger partial charge in [-0.2, -0.15) is 13.2 Å². The van der Waals surface area contributed by atoms with Gasteiger partial charge in [0.25, 0.3) is 0 Å². The number of β-amino-alcohol motifs (C(OH)–C–C–N with tert-alkyl or cyclic N) is 1. The van der Waals surface area contributed by atoms with Crippen LogP contribution in [0.4, 0.5) is 13.2 Å². The molecule has 2 aromatic rings. The molecule has 1 aliphatic rings. The zero-order valence-electron chi connectivity index (χ0n) is 22.4. The SMILES string of the molecule is CCC(=Cc1cc(C(F)(F)F)ccc1[C@@H](C)OC[C@H](O)CNC(C)(C)CC1Cc2ccccc2C1)C(=O)O. The van der Waals surface area contributed by atoms with Crippen LogP contribution in [0.2, 0.25) is 0 Å². The molecule has 2 aromatic carbocycles. The minimum absolute atomic E-state index is 0.00500. The minimum Gasteiger partial charge on any atom is -0.478 e. The number of hydrogen-bond donors (Lipinski definition) is 3. The highest BCUT2D eigenvalue weighted by Crippen LogP contribution is 2.34. The lowest BCUT2D eigenvalue weighted by Crippen LogP contribution is -2.45. The summed E-state index contributed by atoms with van der Waals surface area (Å²) in [7, 11) is 0.